The number of ether oxygens (including phenoxy) is 2. The molecule has 0 unspecified atom stereocenters. The van der Waals surface area contributed by atoms with Crippen molar-refractivity contribution in [3.8, 4) is 11.5 Å². The lowest BCUT2D eigenvalue weighted by Crippen LogP contribution is -2.48. The Bertz CT molecular complexity index is 1280. The summed E-state index contributed by atoms with van der Waals surface area (Å²) >= 11 is 1.55. The first-order valence-corrected chi connectivity index (χ1v) is 14.2. The number of carbonyl (C=O) groups excluding carboxylic acids is 1. The van der Waals surface area contributed by atoms with Crippen molar-refractivity contribution in [3.05, 3.63) is 42.0 Å². The fraction of sp³-hybridized carbons (Fsp3) is 0.440. The Labute approximate surface area is 216 Å². The predicted octanol–water partition coefficient (Wildman–Crippen LogP) is 3.70. The van der Waals surface area contributed by atoms with Crippen LogP contribution in [0.5, 0.6) is 11.5 Å². The number of amides is 1. The molecule has 194 valence electrons. The van der Waals surface area contributed by atoms with Crippen molar-refractivity contribution in [2.45, 2.75) is 24.7 Å². The number of piperazine rings is 1. The van der Waals surface area contributed by atoms with Gasteiger partial charge in [0.15, 0.2) is 5.13 Å². The van der Waals surface area contributed by atoms with Crippen LogP contribution in [-0.2, 0) is 10.0 Å². The maximum atomic E-state index is 13.1. The molecular formula is C25H32N4O5S2. The van der Waals surface area contributed by atoms with Gasteiger partial charge in [0, 0.05) is 45.3 Å². The van der Waals surface area contributed by atoms with Crippen molar-refractivity contribution >= 4 is 42.6 Å². The molecule has 4 rings (SSSR count). The van der Waals surface area contributed by atoms with E-state index >= 15 is 0 Å². The van der Waals surface area contributed by atoms with Crippen LogP contribution in [0.2, 0.25) is 0 Å². The molecule has 1 aliphatic rings. The van der Waals surface area contributed by atoms with E-state index < -0.39 is 10.0 Å². The van der Waals surface area contributed by atoms with E-state index in [0.29, 0.717) is 44.0 Å². The number of unbranched alkanes of at least 4 members (excludes halogenated alkanes) is 1. The zero-order valence-corrected chi connectivity index (χ0v) is 22.7. The summed E-state index contributed by atoms with van der Waals surface area (Å²) in [5.74, 6) is 1.35. The Morgan fingerprint density at radius 1 is 1.03 bits per heavy atom. The van der Waals surface area contributed by atoms with E-state index in [1.165, 1.54) is 16.4 Å². The lowest BCUT2D eigenvalue weighted by molar-refractivity contribution is 0.0746. The quantitative estimate of drug-likeness (QED) is 0.415. The highest BCUT2D eigenvalue weighted by Crippen LogP contribution is 2.40. The highest BCUT2D eigenvalue weighted by molar-refractivity contribution is 7.89. The third-order valence-corrected chi connectivity index (χ3v) is 9.37. The minimum Gasteiger partial charge on any atom is -0.495 e. The molecule has 3 aromatic rings. The summed E-state index contributed by atoms with van der Waals surface area (Å²) in [5, 5.41) is 0.863. The van der Waals surface area contributed by atoms with Gasteiger partial charge in [-0.1, -0.05) is 24.7 Å². The van der Waals surface area contributed by atoms with Gasteiger partial charge in [0.2, 0.25) is 10.0 Å². The molecule has 1 aliphatic heterocycles. The van der Waals surface area contributed by atoms with Crippen LogP contribution in [0, 0.1) is 0 Å². The number of hydrogen-bond acceptors (Lipinski definition) is 8. The van der Waals surface area contributed by atoms with Gasteiger partial charge in [0.1, 0.15) is 21.7 Å². The highest BCUT2D eigenvalue weighted by atomic mass is 32.2. The van der Waals surface area contributed by atoms with Gasteiger partial charge in [-0.05, 0) is 42.8 Å². The van der Waals surface area contributed by atoms with Gasteiger partial charge in [0.05, 0.1) is 19.1 Å². The molecule has 0 N–H and O–H groups in total. The fourth-order valence-electron chi connectivity index (χ4n) is 4.14. The van der Waals surface area contributed by atoms with Crippen LogP contribution >= 0.6 is 11.3 Å². The van der Waals surface area contributed by atoms with E-state index in [0.717, 1.165) is 33.9 Å². The van der Waals surface area contributed by atoms with E-state index in [1.54, 1.807) is 49.6 Å². The van der Waals surface area contributed by atoms with Gasteiger partial charge in [-0.2, -0.15) is 0 Å². The van der Waals surface area contributed by atoms with Crippen LogP contribution in [0.1, 0.15) is 30.1 Å². The smallest absolute Gasteiger partial charge is 0.253 e. The number of methoxy groups -OCH3 is 2. The van der Waals surface area contributed by atoms with Crippen molar-refractivity contribution in [1.82, 2.24) is 14.2 Å². The van der Waals surface area contributed by atoms with Crippen molar-refractivity contribution in [3.63, 3.8) is 0 Å². The van der Waals surface area contributed by atoms with Gasteiger partial charge < -0.3 is 19.3 Å². The first kappa shape index (κ1) is 26.2. The van der Waals surface area contributed by atoms with Crippen molar-refractivity contribution in [1.29, 1.82) is 0 Å². The average Bonchev–Trinajstić information content (AvgIpc) is 3.36. The van der Waals surface area contributed by atoms with E-state index in [-0.39, 0.29) is 10.8 Å². The molecule has 36 heavy (non-hydrogen) atoms. The maximum Gasteiger partial charge on any atom is 0.253 e. The van der Waals surface area contributed by atoms with Gasteiger partial charge in [0.25, 0.3) is 5.91 Å². The van der Waals surface area contributed by atoms with E-state index in [2.05, 4.69) is 4.90 Å². The third kappa shape index (κ3) is 5.14. The molecule has 1 fully saturated rings. The molecule has 0 bridgehead atoms. The number of fused-ring (bicyclic) bond motifs is 1. The zero-order chi connectivity index (χ0) is 25.9. The summed E-state index contributed by atoms with van der Waals surface area (Å²) < 4.78 is 38.7. The molecule has 2 heterocycles. The SMILES string of the molecule is CCCCN(C)S(=O)(=O)c1ccc(C(=O)N2CCN(c3nc4c(OC)ccc(OC)c4s3)CC2)cc1. The van der Waals surface area contributed by atoms with Crippen molar-refractivity contribution < 1.29 is 22.7 Å². The molecule has 0 aliphatic carbocycles. The molecule has 0 radical (unpaired) electrons. The van der Waals surface area contributed by atoms with Crippen LogP contribution < -0.4 is 14.4 Å². The predicted molar refractivity (Wildman–Crippen MR) is 142 cm³/mol. The number of carbonyl (C=O) groups is 1. The molecule has 0 atom stereocenters. The number of aromatic nitrogens is 1. The summed E-state index contributed by atoms with van der Waals surface area (Å²) in [6.45, 7) is 4.87. The molecule has 0 spiro atoms. The summed E-state index contributed by atoms with van der Waals surface area (Å²) in [6.07, 6.45) is 1.72. The maximum absolute atomic E-state index is 13.1. The zero-order valence-electron chi connectivity index (χ0n) is 21.1. The molecule has 1 aromatic heterocycles. The fourth-order valence-corrected chi connectivity index (χ4v) is 6.48. The molecule has 9 nitrogen and oxygen atoms in total. The molecule has 2 aromatic carbocycles. The van der Waals surface area contributed by atoms with Gasteiger partial charge in [-0.25, -0.2) is 17.7 Å². The van der Waals surface area contributed by atoms with E-state index in [1.807, 2.05) is 19.1 Å². The lowest BCUT2D eigenvalue weighted by Gasteiger charge is -2.34. The molecule has 0 saturated carbocycles. The summed E-state index contributed by atoms with van der Waals surface area (Å²) in [5.41, 5.74) is 1.25. The number of anilines is 1. The third-order valence-electron chi connectivity index (χ3n) is 6.37. The Morgan fingerprint density at radius 3 is 2.28 bits per heavy atom. The topological polar surface area (TPSA) is 92.3 Å². The van der Waals surface area contributed by atoms with Crippen molar-refractivity contribution in [2.75, 3.05) is 58.9 Å². The normalized spacial score (nSPS) is 14.5. The van der Waals surface area contributed by atoms with Crippen molar-refractivity contribution in [2.24, 2.45) is 0 Å². The van der Waals surface area contributed by atoms with Gasteiger partial charge in [-0.3, -0.25) is 4.79 Å². The number of hydrogen-bond donors (Lipinski definition) is 0. The Balaban J connectivity index is 1.42. The Hall–Kier alpha value is -2.89. The van der Waals surface area contributed by atoms with Crippen LogP contribution in [0.15, 0.2) is 41.3 Å². The minimum absolute atomic E-state index is 0.106. The molecule has 11 heteroatoms. The molecule has 1 saturated heterocycles. The first-order chi connectivity index (χ1) is 17.3. The molecular weight excluding hydrogens is 500 g/mol. The van der Waals surface area contributed by atoms with Crippen LogP contribution in [-0.4, -0.2) is 82.5 Å². The standard InChI is InChI=1S/C25H32N4O5S2/c1-5-6-13-27(2)36(31,32)19-9-7-18(8-10-19)24(30)28-14-16-29(17-15-28)25-26-22-20(33-3)11-12-21(34-4)23(22)35-25/h7-12H,5-6,13-17H2,1-4H3. The largest absolute Gasteiger partial charge is 0.495 e. The number of nitrogens with zero attached hydrogens (tertiary/aromatic N) is 4. The first-order valence-electron chi connectivity index (χ1n) is 11.9. The Morgan fingerprint density at radius 2 is 1.67 bits per heavy atom. The summed E-state index contributed by atoms with van der Waals surface area (Å²) in [7, 11) is 1.28. The number of sulfonamides is 1. The average molecular weight is 533 g/mol. The number of thiazole rings is 1. The highest BCUT2D eigenvalue weighted by Gasteiger charge is 2.26. The monoisotopic (exact) mass is 532 g/mol. The second-order valence-electron chi connectivity index (χ2n) is 8.63. The lowest BCUT2D eigenvalue weighted by atomic mass is 10.2. The summed E-state index contributed by atoms with van der Waals surface area (Å²) in [4.78, 5) is 22.0. The van der Waals surface area contributed by atoms with E-state index in [4.69, 9.17) is 14.5 Å². The Kier molecular flexibility index (Phi) is 8.01. The van der Waals surface area contributed by atoms with Crippen LogP contribution in [0.3, 0.4) is 0 Å². The van der Waals surface area contributed by atoms with Gasteiger partial charge >= 0.3 is 0 Å². The second-order valence-corrected chi connectivity index (χ2v) is 11.7. The minimum atomic E-state index is -3.56. The number of rotatable bonds is 9. The van der Waals surface area contributed by atoms with E-state index in [9.17, 15) is 13.2 Å². The van der Waals surface area contributed by atoms with Crippen LogP contribution in [0.4, 0.5) is 5.13 Å². The molecule has 1 amide bonds. The van der Waals surface area contributed by atoms with Crippen LogP contribution in [0.25, 0.3) is 10.2 Å². The second kappa shape index (κ2) is 11.0. The summed E-state index contributed by atoms with van der Waals surface area (Å²) in [6, 6.07) is 9.95. The number of benzene rings is 2. The van der Waals surface area contributed by atoms with Gasteiger partial charge in [-0.15, -0.1) is 0 Å².